The topological polar surface area (TPSA) is 0 Å². The van der Waals surface area contributed by atoms with Crippen LogP contribution in [0.2, 0.25) is 0 Å². The van der Waals surface area contributed by atoms with E-state index in [1.807, 2.05) is 0 Å². The van der Waals surface area contributed by atoms with Gasteiger partial charge in [0.15, 0.2) is 0 Å². The van der Waals surface area contributed by atoms with Gasteiger partial charge in [0.25, 0.3) is 0 Å². The lowest BCUT2D eigenvalue weighted by Gasteiger charge is -2.33. The van der Waals surface area contributed by atoms with Crippen molar-refractivity contribution in [1.29, 1.82) is 0 Å². The lowest BCUT2D eigenvalue weighted by atomic mass is 10.1. The van der Waals surface area contributed by atoms with Crippen molar-refractivity contribution in [1.82, 2.24) is 0 Å². The number of hydrogen-bond acceptors (Lipinski definition) is 0. The Morgan fingerprint density at radius 2 is 1.80 bits per heavy atom. The van der Waals surface area contributed by atoms with Crippen LogP contribution in [0.25, 0.3) is 0 Å². The normalized spacial score (nSPS) is 24.6. The van der Waals surface area contributed by atoms with Crippen molar-refractivity contribution in [3.05, 3.63) is 24.0 Å². The Hall–Kier alpha value is -0.560. The molecule has 0 aliphatic carbocycles. The van der Waals surface area contributed by atoms with Crippen molar-refractivity contribution in [2.45, 2.75) is 52.9 Å². The van der Waals surface area contributed by atoms with Crippen LogP contribution in [-0.2, 0) is 0 Å². The Balaban J connectivity index is 2.61. The zero-order valence-electron chi connectivity index (χ0n) is 10.6. The van der Waals surface area contributed by atoms with Gasteiger partial charge < -0.3 is 0 Å². The van der Waals surface area contributed by atoms with Crippen LogP contribution in [0.15, 0.2) is 24.0 Å². The van der Waals surface area contributed by atoms with E-state index >= 15 is 0 Å². The highest BCUT2D eigenvalue weighted by atomic mass is 15.4. The van der Waals surface area contributed by atoms with Gasteiger partial charge >= 0.3 is 0 Å². The average molecular weight is 208 g/mol. The lowest BCUT2D eigenvalue weighted by Crippen LogP contribution is -2.40. The zero-order chi connectivity index (χ0) is 11.1. The first-order chi connectivity index (χ1) is 7.29. The molecule has 0 amide bonds. The van der Waals surface area contributed by atoms with Gasteiger partial charge in [-0.2, -0.15) is 0 Å². The molecule has 1 unspecified atom stereocenters. The van der Waals surface area contributed by atoms with Crippen LogP contribution in [0.4, 0.5) is 0 Å². The molecule has 1 heteroatoms. The Morgan fingerprint density at radius 3 is 2.40 bits per heavy atom. The summed E-state index contributed by atoms with van der Waals surface area (Å²) in [6, 6.07) is 0. The van der Waals surface area contributed by atoms with Crippen LogP contribution >= 0.6 is 0 Å². The monoisotopic (exact) mass is 208 g/mol. The third-order valence-electron chi connectivity index (χ3n) is 3.49. The minimum absolute atomic E-state index is 1.13. The second kappa shape index (κ2) is 6.12. The summed E-state index contributed by atoms with van der Waals surface area (Å²) in [5.74, 6) is 0. The maximum absolute atomic E-state index is 2.39. The molecule has 1 atom stereocenters. The Morgan fingerprint density at radius 1 is 1.07 bits per heavy atom. The van der Waals surface area contributed by atoms with Crippen LogP contribution < -0.4 is 0 Å². The number of hydrogen-bond donors (Lipinski definition) is 0. The molecule has 1 nitrogen and oxygen atoms in total. The molecule has 0 aromatic carbocycles. The molecule has 0 bridgehead atoms. The van der Waals surface area contributed by atoms with E-state index in [2.05, 4.69) is 39.1 Å². The van der Waals surface area contributed by atoms with Crippen LogP contribution in [0.3, 0.4) is 0 Å². The van der Waals surface area contributed by atoms with E-state index in [0.29, 0.717) is 0 Å². The van der Waals surface area contributed by atoms with Crippen LogP contribution in [0.1, 0.15) is 52.9 Å². The van der Waals surface area contributed by atoms with Gasteiger partial charge in [-0.3, -0.25) is 4.48 Å². The third kappa shape index (κ3) is 2.94. The van der Waals surface area contributed by atoms with E-state index < -0.39 is 0 Å². The first-order valence-corrected chi connectivity index (χ1v) is 6.54. The van der Waals surface area contributed by atoms with Crippen molar-refractivity contribution in [2.75, 3.05) is 13.1 Å². The Bertz CT molecular complexity index is 240. The zero-order valence-corrected chi connectivity index (χ0v) is 10.6. The smallest absolute Gasteiger partial charge is 0.114 e. The standard InChI is InChI=1S/C14H26N/c1-4-7-10-14-11-9-13-15(14,6-3)12-8-5-2/h9,11,13H,4-8,10,12H2,1-3H3/q+1. The quantitative estimate of drug-likeness (QED) is 0.549. The molecular formula is C14H26N+. The number of quaternary nitrogens is 1. The maximum atomic E-state index is 2.39. The van der Waals surface area contributed by atoms with Gasteiger partial charge in [0.2, 0.25) is 0 Å². The minimum atomic E-state index is 1.13. The van der Waals surface area contributed by atoms with E-state index in [4.69, 9.17) is 0 Å². The molecular weight excluding hydrogens is 182 g/mol. The van der Waals surface area contributed by atoms with Crippen molar-refractivity contribution in [3.63, 3.8) is 0 Å². The van der Waals surface area contributed by atoms with E-state index in [1.54, 1.807) is 5.70 Å². The SMILES string of the molecule is CCCCC1=CC=C[N+]1(CC)CCCC. The van der Waals surface area contributed by atoms with Gasteiger partial charge in [-0.25, -0.2) is 0 Å². The van der Waals surface area contributed by atoms with Gasteiger partial charge in [0, 0.05) is 12.5 Å². The van der Waals surface area contributed by atoms with Gasteiger partial charge in [-0.15, -0.1) is 0 Å². The largest absolute Gasteiger partial charge is 0.269 e. The molecule has 1 aliphatic heterocycles. The molecule has 0 N–H and O–H groups in total. The molecule has 0 radical (unpaired) electrons. The molecule has 1 rings (SSSR count). The first-order valence-electron chi connectivity index (χ1n) is 6.54. The summed E-state index contributed by atoms with van der Waals surface area (Å²) in [6.45, 7) is 9.37. The molecule has 1 heterocycles. The van der Waals surface area contributed by atoms with Crippen molar-refractivity contribution in [3.8, 4) is 0 Å². The number of rotatable bonds is 7. The fraction of sp³-hybridized carbons (Fsp3) is 0.714. The molecule has 0 fully saturated rings. The molecule has 0 aromatic rings. The van der Waals surface area contributed by atoms with Gasteiger partial charge in [-0.1, -0.05) is 26.7 Å². The van der Waals surface area contributed by atoms with E-state index in [1.165, 1.54) is 45.2 Å². The Labute approximate surface area is 95.1 Å². The summed E-state index contributed by atoms with van der Waals surface area (Å²) >= 11 is 0. The summed E-state index contributed by atoms with van der Waals surface area (Å²) in [6.07, 6.45) is 13.5. The molecule has 0 saturated heterocycles. The first kappa shape index (κ1) is 12.5. The van der Waals surface area contributed by atoms with E-state index in [-0.39, 0.29) is 0 Å². The van der Waals surface area contributed by atoms with Crippen molar-refractivity contribution < 1.29 is 4.48 Å². The molecule has 15 heavy (non-hydrogen) atoms. The van der Waals surface area contributed by atoms with Crippen LogP contribution in [0, 0.1) is 0 Å². The maximum Gasteiger partial charge on any atom is 0.114 e. The second-order valence-corrected chi connectivity index (χ2v) is 4.53. The van der Waals surface area contributed by atoms with Gasteiger partial charge in [0.1, 0.15) is 11.9 Å². The second-order valence-electron chi connectivity index (χ2n) is 4.53. The van der Waals surface area contributed by atoms with E-state index in [0.717, 1.165) is 4.48 Å². The minimum Gasteiger partial charge on any atom is -0.269 e. The summed E-state index contributed by atoms with van der Waals surface area (Å²) in [5, 5.41) is 0. The van der Waals surface area contributed by atoms with Crippen molar-refractivity contribution >= 4 is 0 Å². The number of unbranched alkanes of at least 4 members (excludes halogenated alkanes) is 2. The highest BCUT2D eigenvalue weighted by molar-refractivity contribution is 5.13. The molecule has 1 aliphatic rings. The number of allylic oxidation sites excluding steroid dienone is 3. The summed E-state index contributed by atoms with van der Waals surface area (Å²) < 4.78 is 1.13. The highest BCUT2D eigenvalue weighted by Gasteiger charge is 2.30. The molecule has 0 spiro atoms. The number of nitrogens with zero attached hydrogens (tertiary/aromatic N) is 1. The van der Waals surface area contributed by atoms with Crippen LogP contribution in [-0.4, -0.2) is 17.6 Å². The summed E-state index contributed by atoms with van der Waals surface area (Å²) in [4.78, 5) is 0. The Kier molecular flexibility index (Phi) is 5.10. The summed E-state index contributed by atoms with van der Waals surface area (Å²) in [7, 11) is 0. The molecule has 0 aromatic heterocycles. The van der Waals surface area contributed by atoms with E-state index in [9.17, 15) is 0 Å². The predicted molar refractivity (Wildman–Crippen MR) is 67.3 cm³/mol. The van der Waals surface area contributed by atoms with Gasteiger partial charge in [-0.05, 0) is 25.8 Å². The molecule has 0 saturated carbocycles. The average Bonchev–Trinajstić information content (AvgIpc) is 2.67. The fourth-order valence-corrected chi connectivity index (χ4v) is 2.35. The highest BCUT2D eigenvalue weighted by Crippen LogP contribution is 2.29. The lowest BCUT2D eigenvalue weighted by molar-refractivity contribution is -0.839. The van der Waals surface area contributed by atoms with Crippen LogP contribution in [0.5, 0.6) is 0 Å². The predicted octanol–water partition coefficient (Wildman–Crippen LogP) is 4.22. The van der Waals surface area contributed by atoms with Crippen molar-refractivity contribution in [2.24, 2.45) is 0 Å². The molecule has 86 valence electrons. The fourth-order valence-electron chi connectivity index (χ4n) is 2.35. The summed E-state index contributed by atoms with van der Waals surface area (Å²) in [5.41, 5.74) is 1.63. The van der Waals surface area contributed by atoms with Gasteiger partial charge in [0.05, 0.1) is 13.1 Å². The third-order valence-corrected chi connectivity index (χ3v) is 3.49.